The van der Waals surface area contributed by atoms with Crippen LogP contribution in [0.5, 0.6) is 0 Å². The molecule has 0 saturated heterocycles. The molecule has 0 amide bonds. The highest BCUT2D eigenvalue weighted by atomic mass is 16.5. The summed E-state index contributed by atoms with van der Waals surface area (Å²) in [5.41, 5.74) is 6.20. The van der Waals surface area contributed by atoms with Crippen molar-refractivity contribution in [1.82, 2.24) is 0 Å². The zero-order chi connectivity index (χ0) is 15.9. The van der Waals surface area contributed by atoms with E-state index in [1.807, 2.05) is 0 Å². The van der Waals surface area contributed by atoms with Gasteiger partial charge >= 0.3 is 0 Å². The van der Waals surface area contributed by atoms with E-state index in [4.69, 9.17) is 10.5 Å². The van der Waals surface area contributed by atoms with Gasteiger partial charge in [-0.25, -0.2) is 4.99 Å². The van der Waals surface area contributed by atoms with Gasteiger partial charge in [-0.15, -0.1) is 0 Å². The standard InChI is InChI=1S/C18H34N2O2/c1-3-13(2)16-12-22-18(20-16)10-9-17(21)15(19)11-14-7-5-4-6-8-14/h13-17,21H,3-12,19H2,1-2H3/t13-,15-,16+,17?/m0/s1. The van der Waals surface area contributed by atoms with Gasteiger partial charge in [-0.1, -0.05) is 52.4 Å². The third kappa shape index (κ3) is 5.24. The summed E-state index contributed by atoms with van der Waals surface area (Å²) in [5.74, 6) is 2.10. The fraction of sp³-hybridized carbons (Fsp3) is 0.944. The SMILES string of the molecule is CC[C@H](C)[C@H]1COC(CCC(O)[C@@H](N)CC2CCCCC2)=N1. The second-order valence-corrected chi connectivity index (χ2v) is 7.30. The van der Waals surface area contributed by atoms with E-state index in [-0.39, 0.29) is 6.04 Å². The first-order valence-corrected chi connectivity index (χ1v) is 9.23. The molecule has 2 aliphatic rings. The van der Waals surface area contributed by atoms with Crippen LogP contribution in [0.4, 0.5) is 0 Å². The van der Waals surface area contributed by atoms with E-state index >= 15 is 0 Å². The summed E-state index contributed by atoms with van der Waals surface area (Å²) in [6.07, 6.45) is 9.62. The van der Waals surface area contributed by atoms with Crippen molar-refractivity contribution in [1.29, 1.82) is 0 Å². The maximum Gasteiger partial charge on any atom is 0.183 e. The highest BCUT2D eigenvalue weighted by molar-refractivity contribution is 5.77. The molecule has 1 heterocycles. The van der Waals surface area contributed by atoms with Crippen LogP contribution in [0.15, 0.2) is 4.99 Å². The molecule has 2 rings (SSSR count). The van der Waals surface area contributed by atoms with Crippen molar-refractivity contribution in [2.75, 3.05) is 6.61 Å². The Balaban J connectivity index is 1.69. The van der Waals surface area contributed by atoms with Crippen LogP contribution in [0, 0.1) is 11.8 Å². The maximum absolute atomic E-state index is 10.3. The molecule has 1 unspecified atom stereocenters. The van der Waals surface area contributed by atoms with E-state index < -0.39 is 6.10 Å². The Morgan fingerprint density at radius 1 is 1.32 bits per heavy atom. The van der Waals surface area contributed by atoms with Crippen molar-refractivity contribution in [3.05, 3.63) is 0 Å². The van der Waals surface area contributed by atoms with E-state index in [1.54, 1.807) is 0 Å². The van der Waals surface area contributed by atoms with Gasteiger partial charge in [0.05, 0.1) is 12.1 Å². The lowest BCUT2D eigenvalue weighted by molar-refractivity contribution is 0.118. The Labute approximate surface area is 135 Å². The molecular weight excluding hydrogens is 276 g/mol. The first kappa shape index (κ1) is 17.7. The third-order valence-corrected chi connectivity index (χ3v) is 5.51. The topological polar surface area (TPSA) is 67.8 Å². The van der Waals surface area contributed by atoms with Gasteiger partial charge in [-0.05, 0) is 24.7 Å². The van der Waals surface area contributed by atoms with E-state index in [1.165, 1.54) is 32.1 Å². The highest BCUT2D eigenvalue weighted by Gasteiger charge is 2.25. The molecule has 4 heteroatoms. The number of aliphatic hydroxyl groups is 1. The number of nitrogens with two attached hydrogens (primary N) is 1. The van der Waals surface area contributed by atoms with Crippen molar-refractivity contribution >= 4 is 5.90 Å². The van der Waals surface area contributed by atoms with E-state index in [0.717, 1.165) is 18.7 Å². The molecule has 0 spiro atoms. The Kier molecular flexibility index (Phi) is 7.16. The molecule has 1 saturated carbocycles. The molecule has 0 aromatic rings. The number of aliphatic imine (C=N–C) groups is 1. The van der Waals surface area contributed by atoms with Gasteiger partial charge in [0.15, 0.2) is 5.90 Å². The summed E-state index contributed by atoms with van der Waals surface area (Å²) in [6, 6.07) is 0.198. The fourth-order valence-corrected chi connectivity index (χ4v) is 3.59. The summed E-state index contributed by atoms with van der Waals surface area (Å²) in [6.45, 7) is 5.11. The Bertz CT molecular complexity index is 353. The predicted octanol–water partition coefficient (Wildman–Crippen LogP) is 3.27. The molecule has 1 aliphatic heterocycles. The van der Waals surface area contributed by atoms with Gasteiger partial charge in [0.25, 0.3) is 0 Å². The minimum atomic E-state index is -0.434. The summed E-state index contributed by atoms with van der Waals surface area (Å²) in [4.78, 5) is 4.65. The van der Waals surface area contributed by atoms with Crippen LogP contribution in [0.25, 0.3) is 0 Å². The number of hydrogen-bond donors (Lipinski definition) is 2. The van der Waals surface area contributed by atoms with Gasteiger partial charge in [-0.2, -0.15) is 0 Å². The van der Waals surface area contributed by atoms with Gasteiger partial charge < -0.3 is 15.6 Å². The van der Waals surface area contributed by atoms with Crippen LogP contribution in [-0.4, -0.2) is 35.8 Å². The highest BCUT2D eigenvalue weighted by Crippen LogP contribution is 2.28. The van der Waals surface area contributed by atoms with Crippen LogP contribution in [0.2, 0.25) is 0 Å². The molecule has 0 aromatic carbocycles. The fourth-order valence-electron chi connectivity index (χ4n) is 3.59. The lowest BCUT2D eigenvalue weighted by atomic mass is 9.83. The van der Waals surface area contributed by atoms with E-state index in [2.05, 4.69) is 18.8 Å². The largest absolute Gasteiger partial charge is 0.479 e. The first-order chi connectivity index (χ1) is 10.6. The maximum atomic E-state index is 10.3. The number of aliphatic hydroxyl groups excluding tert-OH is 1. The first-order valence-electron chi connectivity index (χ1n) is 9.23. The number of rotatable bonds is 8. The van der Waals surface area contributed by atoms with Crippen LogP contribution in [0.1, 0.15) is 71.6 Å². The molecular formula is C18H34N2O2. The molecule has 0 aromatic heterocycles. The van der Waals surface area contributed by atoms with Crippen LogP contribution >= 0.6 is 0 Å². The van der Waals surface area contributed by atoms with Crippen molar-refractivity contribution in [3.63, 3.8) is 0 Å². The summed E-state index contributed by atoms with van der Waals surface area (Å²) in [5, 5.41) is 10.3. The number of hydrogen-bond acceptors (Lipinski definition) is 4. The molecule has 1 aliphatic carbocycles. The molecule has 4 nitrogen and oxygen atoms in total. The minimum absolute atomic E-state index is 0.101. The smallest absolute Gasteiger partial charge is 0.183 e. The van der Waals surface area contributed by atoms with Crippen molar-refractivity contribution in [3.8, 4) is 0 Å². The molecule has 22 heavy (non-hydrogen) atoms. The van der Waals surface area contributed by atoms with Gasteiger partial charge in [0, 0.05) is 12.5 Å². The Hall–Kier alpha value is -0.610. The normalized spacial score (nSPS) is 27.1. The second-order valence-electron chi connectivity index (χ2n) is 7.30. The van der Waals surface area contributed by atoms with Crippen LogP contribution in [-0.2, 0) is 4.74 Å². The Morgan fingerprint density at radius 3 is 2.73 bits per heavy atom. The summed E-state index contributed by atoms with van der Waals surface area (Å²) < 4.78 is 5.67. The lowest BCUT2D eigenvalue weighted by Gasteiger charge is -2.27. The van der Waals surface area contributed by atoms with E-state index in [0.29, 0.717) is 37.3 Å². The average Bonchev–Trinajstić information content (AvgIpc) is 3.01. The average molecular weight is 310 g/mol. The molecule has 4 atom stereocenters. The number of nitrogens with zero attached hydrogens (tertiary/aromatic N) is 1. The van der Waals surface area contributed by atoms with Crippen molar-refractivity contribution in [2.45, 2.75) is 89.8 Å². The molecule has 128 valence electrons. The zero-order valence-corrected chi connectivity index (χ0v) is 14.3. The molecule has 1 fully saturated rings. The summed E-state index contributed by atoms with van der Waals surface area (Å²) >= 11 is 0. The lowest BCUT2D eigenvalue weighted by Crippen LogP contribution is -2.37. The second kappa shape index (κ2) is 8.88. The molecule has 0 radical (unpaired) electrons. The van der Waals surface area contributed by atoms with Crippen LogP contribution < -0.4 is 5.73 Å². The predicted molar refractivity (Wildman–Crippen MR) is 91.0 cm³/mol. The van der Waals surface area contributed by atoms with Crippen molar-refractivity contribution < 1.29 is 9.84 Å². The van der Waals surface area contributed by atoms with Crippen LogP contribution in [0.3, 0.4) is 0 Å². The van der Waals surface area contributed by atoms with Gasteiger partial charge in [-0.3, -0.25) is 0 Å². The van der Waals surface area contributed by atoms with Gasteiger partial charge in [0.2, 0.25) is 0 Å². The molecule has 3 N–H and O–H groups in total. The molecule has 0 bridgehead atoms. The quantitative estimate of drug-likeness (QED) is 0.723. The minimum Gasteiger partial charge on any atom is -0.479 e. The van der Waals surface area contributed by atoms with E-state index in [9.17, 15) is 5.11 Å². The summed E-state index contributed by atoms with van der Waals surface area (Å²) in [7, 11) is 0. The Morgan fingerprint density at radius 2 is 2.05 bits per heavy atom. The number of ether oxygens (including phenoxy) is 1. The monoisotopic (exact) mass is 310 g/mol. The third-order valence-electron chi connectivity index (χ3n) is 5.51. The van der Waals surface area contributed by atoms with Gasteiger partial charge in [0.1, 0.15) is 6.61 Å². The van der Waals surface area contributed by atoms with Crippen molar-refractivity contribution in [2.24, 2.45) is 22.6 Å². The zero-order valence-electron chi connectivity index (χ0n) is 14.3.